The first-order valence-electron chi connectivity index (χ1n) is 3.88. The minimum absolute atomic E-state index is 0.379. The van der Waals surface area contributed by atoms with Crippen molar-refractivity contribution in [2.75, 3.05) is 14.2 Å². The van der Waals surface area contributed by atoms with Gasteiger partial charge in [-0.05, 0) is 12.1 Å². The summed E-state index contributed by atoms with van der Waals surface area (Å²) in [7, 11) is 3.04. The molecule has 0 N–H and O–H groups in total. The molecule has 0 unspecified atom stereocenters. The predicted octanol–water partition coefficient (Wildman–Crippen LogP) is 1.53. The van der Waals surface area contributed by atoms with Gasteiger partial charge in [-0.3, -0.25) is 0 Å². The van der Waals surface area contributed by atoms with Gasteiger partial charge < -0.3 is 9.47 Å². The molecule has 0 bridgehead atoms. The summed E-state index contributed by atoms with van der Waals surface area (Å²) in [5.41, 5.74) is 1.03. The van der Waals surface area contributed by atoms with Crippen molar-refractivity contribution < 1.29 is 9.47 Å². The summed E-state index contributed by atoms with van der Waals surface area (Å²) in [6, 6.07) is 5.29. The Kier molecular flexibility index (Phi) is 3.89. The number of nitriles is 1. The van der Waals surface area contributed by atoms with Crippen molar-refractivity contribution in [3.8, 4) is 6.07 Å². The Bertz CT molecular complexity index is 358. The van der Waals surface area contributed by atoms with Crippen LogP contribution in [-0.4, -0.2) is 19.2 Å². The minimum Gasteiger partial charge on any atom is -0.350 e. The molecule has 14 heavy (non-hydrogen) atoms. The molecule has 0 amide bonds. The van der Waals surface area contributed by atoms with E-state index in [2.05, 4.69) is 17.6 Å². The Balaban J connectivity index is 3.02. The van der Waals surface area contributed by atoms with Gasteiger partial charge in [-0.1, -0.05) is 0 Å². The van der Waals surface area contributed by atoms with Gasteiger partial charge in [-0.25, -0.2) is 4.98 Å². The number of thiol groups is 1. The molecule has 1 rings (SSSR count). The standard InChI is InChI=1S/C9H10N2O2S/c1-12-9(13-2)7-4-3-6(5-10)8(14)11-7/h3-4,9H,1-2H3,(H,11,14). The lowest BCUT2D eigenvalue weighted by Gasteiger charge is -2.12. The first-order valence-corrected chi connectivity index (χ1v) is 4.33. The highest BCUT2D eigenvalue weighted by Crippen LogP contribution is 2.18. The third-order valence-corrected chi connectivity index (χ3v) is 2.03. The van der Waals surface area contributed by atoms with Crippen molar-refractivity contribution in [2.24, 2.45) is 0 Å². The van der Waals surface area contributed by atoms with Crippen LogP contribution in [0.5, 0.6) is 0 Å². The normalized spacial score (nSPS) is 10.2. The topological polar surface area (TPSA) is 55.1 Å². The van der Waals surface area contributed by atoms with Crippen LogP contribution in [0.4, 0.5) is 0 Å². The Morgan fingerprint density at radius 2 is 2.07 bits per heavy atom. The first kappa shape index (κ1) is 11.0. The lowest BCUT2D eigenvalue weighted by atomic mass is 10.2. The minimum atomic E-state index is -0.520. The maximum Gasteiger partial charge on any atom is 0.200 e. The number of hydrogen-bond donors (Lipinski definition) is 1. The second kappa shape index (κ2) is 4.96. The zero-order valence-electron chi connectivity index (χ0n) is 7.89. The molecule has 0 radical (unpaired) electrons. The van der Waals surface area contributed by atoms with Gasteiger partial charge in [0.2, 0.25) is 6.29 Å². The SMILES string of the molecule is COC(OC)c1ccc(C#N)c(S)n1. The quantitative estimate of drug-likeness (QED) is 0.607. The molecule has 0 fully saturated rings. The van der Waals surface area contributed by atoms with E-state index in [9.17, 15) is 0 Å². The summed E-state index contributed by atoms with van der Waals surface area (Å²) in [5, 5.41) is 9.04. The number of pyridine rings is 1. The van der Waals surface area contributed by atoms with E-state index in [-0.39, 0.29) is 0 Å². The number of hydrogen-bond acceptors (Lipinski definition) is 5. The number of rotatable bonds is 3. The molecule has 4 nitrogen and oxygen atoms in total. The van der Waals surface area contributed by atoms with Crippen molar-refractivity contribution in [2.45, 2.75) is 11.3 Å². The predicted molar refractivity (Wildman–Crippen MR) is 53.0 cm³/mol. The molecule has 1 aromatic rings. The third kappa shape index (κ3) is 2.23. The molecule has 0 spiro atoms. The van der Waals surface area contributed by atoms with E-state index in [1.165, 1.54) is 14.2 Å². The molecule has 0 saturated carbocycles. The molecule has 0 atom stereocenters. The molecule has 1 heterocycles. The van der Waals surface area contributed by atoms with Gasteiger partial charge in [0.1, 0.15) is 11.1 Å². The first-order chi connectivity index (χ1) is 6.72. The Morgan fingerprint density at radius 1 is 1.43 bits per heavy atom. The van der Waals surface area contributed by atoms with Crippen molar-refractivity contribution in [3.63, 3.8) is 0 Å². The molecule has 0 aliphatic heterocycles. The summed E-state index contributed by atoms with van der Waals surface area (Å²) < 4.78 is 10.0. The highest BCUT2D eigenvalue weighted by molar-refractivity contribution is 7.80. The smallest absolute Gasteiger partial charge is 0.200 e. The Labute approximate surface area is 87.9 Å². The van der Waals surface area contributed by atoms with E-state index < -0.39 is 6.29 Å². The third-order valence-electron chi connectivity index (χ3n) is 1.69. The summed E-state index contributed by atoms with van der Waals surface area (Å²) in [5.74, 6) is 0. The van der Waals surface area contributed by atoms with Crippen LogP contribution in [0.1, 0.15) is 17.5 Å². The Hall–Kier alpha value is -1.09. The van der Waals surface area contributed by atoms with Gasteiger partial charge in [0.15, 0.2) is 0 Å². The van der Waals surface area contributed by atoms with E-state index in [0.29, 0.717) is 16.3 Å². The van der Waals surface area contributed by atoms with Gasteiger partial charge in [0.05, 0.1) is 11.3 Å². The van der Waals surface area contributed by atoms with Gasteiger partial charge in [0, 0.05) is 14.2 Å². The maximum absolute atomic E-state index is 8.66. The summed E-state index contributed by atoms with van der Waals surface area (Å²) in [6.45, 7) is 0. The Morgan fingerprint density at radius 3 is 2.50 bits per heavy atom. The van der Waals surface area contributed by atoms with E-state index in [1.54, 1.807) is 12.1 Å². The summed E-state index contributed by atoms with van der Waals surface area (Å²) >= 11 is 4.08. The lowest BCUT2D eigenvalue weighted by Crippen LogP contribution is -2.06. The fourth-order valence-corrected chi connectivity index (χ4v) is 1.26. The van der Waals surface area contributed by atoms with Crippen molar-refractivity contribution in [1.82, 2.24) is 4.98 Å². The van der Waals surface area contributed by atoms with E-state index in [0.717, 1.165) is 0 Å². The molecular weight excluding hydrogens is 200 g/mol. The number of methoxy groups -OCH3 is 2. The zero-order chi connectivity index (χ0) is 10.6. The molecule has 0 aliphatic carbocycles. The van der Waals surface area contributed by atoms with Crippen LogP contribution in [0, 0.1) is 11.3 Å². The van der Waals surface area contributed by atoms with Gasteiger partial charge >= 0.3 is 0 Å². The van der Waals surface area contributed by atoms with Crippen LogP contribution in [0.15, 0.2) is 17.2 Å². The summed E-state index contributed by atoms with van der Waals surface area (Å²) in [4.78, 5) is 4.08. The van der Waals surface area contributed by atoms with Crippen LogP contribution >= 0.6 is 12.6 Å². The average molecular weight is 210 g/mol. The van der Waals surface area contributed by atoms with Crippen molar-refractivity contribution in [3.05, 3.63) is 23.4 Å². The molecule has 1 aromatic heterocycles. The van der Waals surface area contributed by atoms with Crippen molar-refractivity contribution >= 4 is 12.6 Å². The van der Waals surface area contributed by atoms with Crippen LogP contribution in [0.25, 0.3) is 0 Å². The van der Waals surface area contributed by atoms with Crippen LogP contribution in [-0.2, 0) is 9.47 Å². The maximum atomic E-state index is 8.66. The number of nitrogens with zero attached hydrogens (tertiary/aromatic N) is 2. The monoisotopic (exact) mass is 210 g/mol. The van der Waals surface area contributed by atoms with Crippen LogP contribution in [0.3, 0.4) is 0 Å². The van der Waals surface area contributed by atoms with Crippen LogP contribution < -0.4 is 0 Å². The molecular formula is C9H10N2O2S. The van der Waals surface area contributed by atoms with E-state index in [4.69, 9.17) is 14.7 Å². The zero-order valence-corrected chi connectivity index (χ0v) is 8.78. The number of ether oxygens (including phenoxy) is 2. The highest BCUT2D eigenvalue weighted by Gasteiger charge is 2.11. The molecule has 0 aromatic carbocycles. The molecule has 0 saturated heterocycles. The second-order valence-electron chi connectivity index (χ2n) is 2.52. The fourth-order valence-electron chi connectivity index (χ4n) is 1.02. The second-order valence-corrected chi connectivity index (χ2v) is 2.95. The van der Waals surface area contributed by atoms with Gasteiger partial charge in [0.25, 0.3) is 0 Å². The van der Waals surface area contributed by atoms with Gasteiger partial charge in [-0.15, -0.1) is 12.6 Å². The highest BCUT2D eigenvalue weighted by atomic mass is 32.1. The number of aromatic nitrogens is 1. The lowest BCUT2D eigenvalue weighted by molar-refractivity contribution is -0.108. The summed E-state index contributed by atoms with van der Waals surface area (Å²) in [6.07, 6.45) is -0.520. The fraction of sp³-hybridized carbons (Fsp3) is 0.333. The molecule has 74 valence electrons. The molecule has 5 heteroatoms. The van der Waals surface area contributed by atoms with E-state index in [1.807, 2.05) is 6.07 Å². The van der Waals surface area contributed by atoms with Gasteiger partial charge in [-0.2, -0.15) is 5.26 Å². The van der Waals surface area contributed by atoms with Crippen molar-refractivity contribution in [1.29, 1.82) is 5.26 Å². The molecule has 0 aliphatic rings. The van der Waals surface area contributed by atoms with Crippen LogP contribution in [0.2, 0.25) is 0 Å². The largest absolute Gasteiger partial charge is 0.350 e. The van der Waals surface area contributed by atoms with E-state index >= 15 is 0 Å². The average Bonchev–Trinajstić information content (AvgIpc) is 2.20.